The lowest BCUT2D eigenvalue weighted by atomic mass is 9.90. The Hall–Kier alpha value is -1.98. The van der Waals surface area contributed by atoms with Crippen LogP contribution in [-0.4, -0.2) is 40.5 Å². The number of carbonyl (C=O) groups is 1. The van der Waals surface area contributed by atoms with E-state index < -0.39 is 0 Å². The fourth-order valence-corrected chi connectivity index (χ4v) is 3.39. The standard InChI is InChI=1S/C19H22ClN3O2/c1-2-25-19(24)17-11-15(20)12-22-18(17)14-6-9-23(10-7-14)13-16-5-3-4-8-21-16/h3-5,8,11-12,14H,2,6-7,9-10,13H2,1H3. The summed E-state index contributed by atoms with van der Waals surface area (Å²) in [6.45, 7) is 4.90. The molecule has 132 valence electrons. The molecule has 0 aromatic carbocycles. The van der Waals surface area contributed by atoms with Gasteiger partial charge in [0.1, 0.15) is 0 Å². The molecule has 0 radical (unpaired) electrons. The van der Waals surface area contributed by atoms with E-state index in [9.17, 15) is 4.79 Å². The van der Waals surface area contributed by atoms with Crippen molar-refractivity contribution in [2.75, 3.05) is 19.7 Å². The molecule has 2 aromatic rings. The third-order valence-electron chi connectivity index (χ3n) is 4.47. The number of carbonyl (C=O) groups excluding carboxylic acids is 1. The molecule has 0 amide bonds. The van der Waals surface area contributed by atoms with Gasteiger partial charge in [-0.3, -0.25) is 14.9 Å². The smallest absolute Gasteiger partial charge is 0.340 e. The number of ether oxygens (including phenoxy) is 1. The fourth-order valence-electron chi connectivity index (χ4n) is 3.23. The summed E-state index contributed by atoms with van der Waals surface area (Å²) in [6.07, 6.45) is 5.34. The van der Waals surface area contributed by atoms with Crippen molar-refractivity contribution in [3.8, 4) is 0 Å². The van der Waals surface area contributed by atoms with Gasteiger partial charge >= 0.3 is 5.97 Å². The van der Waals surface area contributed by atoms with Gasteiger partial charge in [-0.1, -0.05) is 17.7 Å². The molecule has 2 aromatic heterocycles. The largest absolute Gasteiger partial charge is 0.462 e. The van der Waals surface area contributed by atoms with Gasteiger partial charge in [0.2, 0.25) is 0 Å². The number of nitrogens with zero attached hydrogens (tertiary/aromatic N) is 3. The lowest BCUT2D eigenvalue weighted by Gasteiger charge is -2.32. The van der Waals surface area contributed by atoms with Crippen molar-refractivity contribution >= 4 is 17.6 Å². The number of esters is 1. The minimum atomic E-state index is -0.344. The Labute approximate surface area is 153 Å². The van der Waals surface area contributed by atoms with Crippen molar-refractivity contribution in [2.24, 2.45) is 0 Å². The Morgan fingerprint density at radius 1 is 1.32 bits per heavy atom. The quantitative estimate of drug-likeness (QED) is 0.762. The molecule has 5 nitrogen and oxygen atoms in total. The molecule has 1 aliphatic rings. The predicted octanol–water partition coefficient (Wildman–Crippen LogP) is 3.69. The van der Waals surface area contributed by atoms with Crippen LogP contribution in [0.5, 0.6) is 0 Å². The van der Waals surface area contributed by atoms with E-state index in [1.165, 1.54) is 0 Å². The lowest BCUT2D eigenvalue weighted by Crippen LogP contribution is -2.33. The van der Waals surface area contributed by atoms with E-state index in [2.05, 4.69) is 14.9 Å². The van der Waals surface area contributed by atoms with E-state index in [1.807, 2.05) is 24.4 Å². The number of hydrogen-bond donors (Lipinski definition) is 0. The third kappa shape index (κ3) is 4.55. The van der Waals surface area contributed by atoms with Gasteiger partial charge in [-0.05, 0) is 51.1 Å². The monoisotopic (exact) mass is 359 g/mol. The predicted molar refractivity (Wildman–Crippen MR) is 96.7 cm³/mol. The Balaban J connectivity index is 1.67. The van der Waals surface area contributed by atoms with Gasteiger partial charge in [0.05, 0.1) is 28.6 Å². The number of pyridine rings is 2. The molecule has 0 spiro atoms. The van der Waals surface area contributed by atoms with Crippen LogP contribution in [0.3, 0.4) is 0 Å². The highest BCUT2D eigenvalue weighted by molar-refractivity contribution is 6.30. The third-order valence-corrected chi connectivity index (χ3v) is 4.67. The second kappa shape index (κ2) is 8.41. The summed E-state index contributed by atoms with van der Waals surface area (Å²) in [6, 6.07) is 7.66. The van der Waals surface area contributed by atoms with Crippen LogP contribution in [0.4, 0.5) is 0 Å². The zero-order valence-corrected chi connectivity index (χ0v) is 15.1. The molecule has 0 unspecified atom stereocenters. The Morgan fingerprint density at radius 2 is 2.12 bits per heavy atom. The van der Waals surface area contributed by atoms with Crippen molar-refractivity contribution in [1.82, 2.24) is 14.9 Å². The molecule has 1 aliphatic heterocycles. The summed E-state index contributed by atoms with van der Waals surface area (Å²) in [5.74, 6) is -0.0972. The van der Waals surface area contributed by atoms with Gasteiger partial charge in [-0.15, -0.1) is 0 Å². The maximum atomic E-state index is 12.2. The molecule has 0 atom stereocenters. The molecule has 3 heterocycles. The maximum absolute atomic E-state index is 12.2. The van der Waals surface area contributed by atoms with Crippen LogP contribution in [-0.2, 0) is 11.3 Å². The van der Waals surface area contributed by atoms with Gasteiger partial charge < -0.3 is 4.74 Å². The minimum absolute atomic E-state index is 0.247. The van der Waals surface area contributed by atoms with E-state index >= 15 is 0 Å². The molecule has 3 rings (SSSR count). The summed E-state index contributed by atoms with van der Waals surface area (Å²) in [4.78, 5) is 23.5. The van der Waals surface area contributed by atoms with Crippen LogP contribution >= 0.6 is 11.6 Å². The SMILES string of the molecule is CCOC(=O)c1cc(Cl)cnc1C1CCN(Cc2ccccn2)CC1. The number of piperidine rings is 1. The second-order valence-electron chi connectivity index (χ2n) is 6.18. The number of likely N-dealkylation sites (tertiary alicyclic amines) is 1. The first kappa shape index (κ1) is 17.8. The molecule has 0 aliphatic carbocycles. The maximum Gasteiger partial charge on any atom is 0.340 e. The summed E-state index contributed by atoms with van der Waals surface area (Å²) < 4.78 is 5.16. The van der Waals surface area contributed by atoms with E-state index in [0.29, 0.717) is 17.2 Å². The highest BCUT2D eigenvalue weighted by atomic mass is 35.5. The minimum Gasteiger partial charge on any atom is -0.462 e. The molecular weight excluding hydrogens is 338 g/mol. The number of aromatic nitrogens is 2. The van der Waals surface area contributed by atoms with Crippen molar-refractivity contribution < 1.29 is 9.53 Å². The van der Waals surface area contributed by atoms with Crippen LogP contribution in [0.25, 0.3) is 0 Å². The summed E-state index contributed by atoms with van der Waals surface area (Å²) in [5.41, 5.74) is 2.38. The normalized spacial score (nSPS) is 15.9. The van der Waals surface area contributed by atoms with Gasteiger partial charge in [0.15, 0.2) is 0 Å². The Bertz CT molecular complexity index is 716. The van der Waals surface area contributed by atoms with Gasteiger partial charge in [-0.2, -0.15) is 0 Å². The summed E-state index contributed by atoms with van der Waals surface area (Å²) >= 11 is 6.03. The van der Waals surface area contributed by atoms with Gasteiger partial charge in [0, 0.05) is 24.9 Å². The molecule has 25 heavy (non-hydrogen) atoms. The molecule has 0 saturated carbocycles. The molecule has 1 saturated heterocycles. The number of rotatable bonds is 5. The van der Waals surface area contributed by atoms with E-state index in [1.54, 1.807) is 19.2 Å². The zero-order chi connectivity index (χ0) is 17.6. The van der Waals surface area contributed by atoms with Crippen molar-refractivity contribution in [1.29, 1.82) is 0 Å². The fraction of sp³-hybridized carbons (Fsp3) is 0.421. The second-order valence-corrected chi connectivity index (χ2v) is 6.61. The lowest BCUT2D eigenvalue weighted by molar-refractivity contribution is 0.0523. The first-order valence-corrected chi connectivity index (χ1v) is 9.00. The average Bonchev–Trinajstić information content (AvgIpc) is 2.63. The molecule has 0 N–H and O–H groups in total. The van der Waals surface area contributed by atoms with Crippen molar-refractivity contribution in [3.63, 3.8) is 0 Å². The number of hydrogen-bond acceptors (Lipinski definition) is 5. The van der Waals surface area contributed by atoms with Gasteiger partial charge in [0.25, 0.3) is 0 Å². The topological polar surface area (TPSA) is 55.3 Å². The summed E-state index contributed by atoms with van der Waals surface area (Å²) in [7, 11) is 0. The molecule has 1 fully saturated rings. The van der Waals surface area contributed by atoms with E-state index in [4.69, 9.17) is 16.3 Å². The first-order chi connectivity index (χ1) is 12.2. The average molecular weight is 360 g/mol. The van der Waals surface area contributed by atoms with Crippen molar-refractivity contribution in [3.05, 3.63) is 58.6 Å². The van der Waals surface area contributed by atoms with Crippen LogP contribution in [0.2, 0.25) is 5.02 Å². The zero-order valence-electron chi connectivity index (χ0n) is 14.3. The van der Waals surface area contributed by atoms with Crippen LogP contribution < -0.4 is 0 Å². The Kier molecular flexibility index (Phi) is 6.00. The highest BCUT2D eigenvalue weighted by Gasteiger charge is 2.26. The van der Waals surface area contributed by atoms with Crippen LogP contribution in [0.15, 0.2) is 36.7 Å². The molecule has 6 heteroatoms. The highest BCUT2D eigenvalue weighted by Crippen LogP contribution is 2.31. The Morgan fingerprint density at radius 3 is 2.80 bits per heavy atom. The van der Waals surface area contributed by atoms with Gasteiger partial charge in [-0.25, -0.2) is 4.79 Å². The molecular formula is C19H22ClN3O2. The first-order valence-electron chi connectivity index (χ1n) is 8.62. The van der Waals surface area contributed by atoms with Crippen LogP contribution in [0, 0.1) is 0 Å². The summed E-state index contributed by atoms with van der Waals surface area (Å²) in [5, 5.41) is 0.458. The van der Waals surface area contributed by atoms with Crippen LogP contribution in [0.1, 0.15) is 47.4 Å². The van der Waals surface area contributed by atoms with Crippen molar-refractivity contribution in [2.45, 2.75) is 32.2 Å². The van der Waals surface area contributed by atoms with E-state index in [-0.39, 0.29) is 11.9 Å². The number of halogens is 1. The van der Waals surface area contributed by atoms with E-state index in [0.717, 1.165) is 43.9 Å². The molecule has 0 bridgehead atoms.